The molecule has 1 aliphatic heterocycles. The fourth-order valence-electron chi connectivity index (χ4n) is 3.31. The minimum Gasteiger partial charge on any atom is -0.356 e. The zero-order valence-electron chi connectivity index (χ0n) is 15.1. The number of carbonyl (C=O) groups excluding carboxylic acids is 1. The quantitative estimate of drug-likeness (QED) is 0.640. The minimum absolute atomic E-state index is 0.0614. The van der Waals surface area contributed by atoms with Gasteiger partial charge in [0.1, 0.15) is 11.5 Å². The van der Waals surface area contributed by atoms with Crippen molar-refractivity contribution in [2.24, 2.45) is 0 Å². The summed E-state index contributed by atoms with van der Waals surface area (Å²) in [6.45, 7) is 1.66. The van der Waals surface area contributed by atoms with Crippen LogP contribution in [0.4, 0.5) is 19.0 Å². The summed E-state index contributed by atoms with van der Waals surface area (Å²) in [5, 5.41) is 4.72. The monoisotopic (exact) mass is 424 g/mol. The van der Waals surface area contributed by atoms with Crippen LogP contribution in [0.25, 0.3) is 11.0 Å². The standard InChI is InChI=1S/C19H16ClF3N4O2/c20-14-9-12(19(21,22)23)11-24-18(14)27-7-5-26(6-8-27)17(28)10-15-13-3-1-2-4-16(13)29-25-15/h1-4,9,11H,5-8,10H2. The summed E-state index contributed by atoms with van der Waals surface area (Å²) in [5.74, 6) is 0.199. The number of para-hydroxylation sites is 1. The van der Waals surface area contributed by atoms with E-state index in [2.05, 4.69) is 10.1 Å². The maximum Gasteiger partial charge on any atom is 0.417 e. The number of rotatable bonds is 3. The van der Waals surface area contributed by atoms with Crippen molar-refractivity contribution in [3.63, 3.8) is 0 Å². The van der Waals surface area contributed by atoms with E-state index in [9.17, 15) is 18.0 Å². The van der Waals surface area contributed by atoms with Crippen molar-refractivity contribution >= 4 is 34.3 Å². The van der Waals surface area contributed by atoms with Gasteiger partial charge in [-0.25, -0.2) is 4.98 Å². The highest BCUT2D eigenvalue weighted by Gasteiger charge is 2.32. The summed E-state index contributed by atoms with van der Waals surface area (Å²) in [5.41, 5.74) is 0.323. The van der Waals surface area contributed by atoms with Crippen LogP contribution in [-0.4, -0.2) is 47.1 Å². The number of carbonyl (C=O) groups is 1. The minimum atomic E-state index is -4.49. The number of fused-ring (bicyclic) bond motifs is 1. The van der Waals surface area contributed by atoms with Crippen molar-refractivity contribution in [1.82, 2.24) is 15.0 Å². The first-order valence-electron chi connectivity index (χ1n) is 8.91. The average molecular weight is 425 g/mol. The summed E-state index contributed by atoms with van der Waals surface area (Å²) >= 11 is 6.01. The zero-order valence-corrected chi connectivity index (χ0v) is 15.9. The molecular weight excluding hydrogens is 409 g/mol. The molecule has 0 atom stereocenters. The lowest BCUT2D eigenvalue weighted by molar-refractivity contribution is -0.137. The number of amides is 1. The van der Waals surface area contributed by atoms with E-state index < -0.39 is 11.7 Å². The van der Waals surface area contributed by atoms with Gasteiger partial charge in [-0.2, -0.15) is 13.2 Å². The maximum absolute atomic E-state index is 12.8. The summed E-state index contributed by atoms with van der Waals surface area (Å²) in [7, 11) is 0. The van der Waals surface area contributed by atoms with E-state index in [-0.39, 0.29) is 23.2 Å². The Hall–Kier alpha value is -2.81. The lowest BCUT2D eigenvalue weighted by Crippen LogP contribution is -2.49. The molecule has 0 saturated carbocycles. The molecule has 6 nitrogen and oxygen atoms in total. The number of aromatic nitrogens is 2. The molecule has 0 radical (unpaired) electrons. The highest BCUT2D eigenvalue weighted by molar-refractivity contribution is 6.33. The number of halogens is 4. The van der Waals surface area contributed by atoms with E-state index in [1.54, 1.807) is 15.9 Å². The van der Waals surface area contributed by atoms with Crippen molar-refractivity contribution in [3.05, 3.63) is 52.8 Å². The molecule has 0 N–H and O–H groups in total. The SMILES string of the molecule is O=C(Cc1noc2ccccc12)N1CCN(c2ncc(C(F)(F)F)cc2Cl)CC1. The van der Waals surface area contributed by atoms with E-state index in [1.807, 2.05) is 18.2 Å². The summed E-state index contributed by atoms with van der Waals surface area (Å²) in [6, 6.07) is 8.20. The first-order valence-corrected chi connectivity index (χ1v) is 9.29. The molecule has 2 aromatic heterocycles. The molecule has 3 heterocycles. The van der Waals surface area contributed by atoms with E-state index in [0.29, 0.717) is 37.5 Å². The molecule has 29 heavy (non-hydrogen) atoms. The van der Waals surface area contributed by atoms with Crippen LogP contribution >= 0.6 is 11.6 Å². The fraction of sp³-hybridized carbons (Fsp3) is 0.316. The van der Waals surface area contributed by atoms with Crippen LogP contribution in [0, 0.1) is 0 Å². The van der Waals surface area contributed by atoms with Crippen LogP contribution < -0.4 is 4.90 Å². The Bertz CT molecular complexity index is 1050. The van der Waals surface area contributed by atoms with Gasteiger partial charge >= 0.3 is 6.18 Å². The average Bonchev–Trinajstić information content (AvgIpc) is 3.10. The molecule has 4 rings (SSSR count). The summed E-state index contributed by atoms with van der Waals surface area (Å²) in [6.07, 6.45) is -3.60. The lowest BCUT2D eigenvalue weighted by Gasteiger charge is -2.35. The van der Waals surface area contributed by atoms with Gasteiger partial charge in [0.15, 0.2) is 5.58 Å². The topological polar surface area (TPSA) is 62.5 Å². The van der Waals surface area contributed by atoms with E-state index in [0.717, 1.165) is 17.6 Å². The van der Waals surface area contributed by atoms with Gasteiger partial charge in [0.05, 0.1) is 17.0 Å². The van der Waals surface area contributed by atoms with E-state index >= 15 is 0 Å². The molecular formula is C19H16ClF3N4O2. The molecule has 1 amide bonds. The second-order valence-corrected chi connectivity index (χ2v) is 7.10. The predicted octanol–water partition coefficient (Wildman–Crippen LogP) is 3.79. The molecule has 0 spiro atoms. The number of anilines is 1. The van der Waals surface area contributed by atoms with Crippen LogP contribution in [0.3, 0.4) is 0 Å². The number of pyridine rings is 1. The molecule has 0 aliphatic carbocycles. The van der Waals surface area contributed by atoms with Crippen molar-refractivity contribution in [1.29, 1.82) is 0 Å². The van der Waals surface area contributed by atoms with Gasteiger partial charge < -0.3 is 14.3 Å². The zero-order chi connectivity index (χ0) is 20.6. The number of hydrogen-bond acceptors (Lipinski definition) is 5. The molecule has 3 aromatic rings. The first kappa shape index (κ1) is 19.5. The molecule has 152 valence electrons. The molecule has 1 saturated heterocycles. The second-order valence-electron chi connectivity index (χ2n) is 6.70. The third-order valence-corrected chi connectivity index (χ3v) is 5.13. The van der Waals surface area contributed by atoms with Crippen molar-refractivity contribution in [2.75, 3.05) is 31.1 Å². The van der Waals surface area contributed by atoms with Crippen LogP contribution in [-0.2, 0) is 17.4 Å². The molecule has 1 aromatic carbocycles. The summed E-state index contributed by atoms with van der Waals surface area (Å²) in [4.78, 5) is 20.0. The van der Waals surface area contributed by atoms with Gasteiger partial charge in [0, 0.05) is 37.8 Å². The Morgan fingerprint density at radius 1 is 1.17 bits per heavy atom. The maximum atomic E-state index is 12.8. The number of benzene rings is 1. The fourth-order valence-corrected chi connectivity index (χ4v) is 3.59. The first-order chi connectivity index (χ1) is 13.8. The molecule has 0 bridgehead atoms. The summed E-state index contributed by atoms with van der Waals surface area (Å²) < 4.78 is 43.5. The van der Waals surface area contributed by atoms with E-state index in [1.165, 1.54) is 0 Å². The van der Waals surface area contributed by atoms with Gasteiger partial charge in [0.2, 0.25) is 5.91 Å². The third kappa shape index (κ3) is 4.00. The largest absolute Gasteiger partial charge is 0.417 e. The number of hydrogen-bond donors (Lipinski definition) is 0. The smallest absolute Gasteiger partial charge is 0.356 e. The number of piperazine rings is 1. The molecule has 1 aliphatic rings. The Balaban J connectivity index is 1.40. The van der Waals surface area contributed by atoms with Crippen molar-refractivity contribution in [2.45, 2.75) is 12.6 Å². The van der Waals surface area contributed by atoms with Gasteiger partial charge in [-0.15, -0.1) is 0 Å². The Morgan fingerprint density at radius 3 is 2.59 bits per heavy atom. The molecule has 10 heteroatoms. The van der Waals surface area contributed by atoms with Crippen molar-refractivity contribution in [3.8, 4) is 0 Å². The number of alkyl halides is 3. The van der Waals surface area contributed by atoms with Gasteiger partial charge in [-0.3, -0.25) is 4.79 Å². The Kier molecular flexibility index (Phi) is 5.08. The highest BCUT2D eigenvalue weighted by atomic mass is 35.5. The van der Waals surface area contributed by atoms with Crippen LogP contribution in [0.1, 0.15) is 11.3 Å². The molecule has 0 unspecified atom stereocenters. The Labute approximate surface area is 168 Å². The third-order valence-electron chi connectivity index (χ3n) is 4.85. The van der Waals surface area contributed by atoms with Crippen molar-refractivity contribution < 1.29 is 22.5 Å². The lowest BCUT2D eigenvalue weighted by atomic mass is 10.1. The van der Waals surface area contributed by atoms with Crippen LogP contribution in [0.15, 0.2) is 41.1 Å². The van der Waals surface area contributed by atoms with E-state index in [4.69, 9.17) is 16.1 Å². The van der Waals surface area contributed by atoms with Gasteiger partial charge in [0.25, 0.3) is 0 Å². The normalized spacial score (nSPS) is 15.2. The second kappa shape index (κ2) is 7.55. The Morgan fingerprint density at radius 2 is 1.90 bits per heavy atom. The number of nitrogens with zero attached hydrogens (tertiary/aromatic N) is 4. The predicted molar refractivity (Wildman–Crippen MR) is 101 cm³/mol. The highest BCUT2D eigenvalue weighted by Crippen LogP contribution is 2.33. The van der Waals surface area contributed by atoms with Crippen LogP contribution in [0.2, 0.25) is 5.02 Å². The van der Waals surface area contributed by atoms with Gasteiger partial charge in [-0.1, -0.05) is 28.9 Å². The van der Waals surface area contributed by atoms with Gasteiger partial charge in [-0.05, 0) is 18.2 Å². The molecule has 1 fully saturated rings. The van der Waals surface area contributed by atoms with Crippen LogP contribution in [0.5, 0.6) is 0 Å².